The van der Waals surface area contributed by atoms with Gasteiger partial charge in [-0.25, -0.2) is 9.78 Å². The summed E-state index contributed by atoms with van der Waals surface area (Å²) in [4.78, 5) is 34.5. The highest BCUT2D eigenvalue weighted by atomic mass is 16.6. The van der Waals surface area contributed by atoms with Gasteiger partial charge in [-0.1, -0.05) is 12.1 Å². The van der Waals surface area contributed by atoms with Gasteiger partial charge in [0.2, 0.25) is 0 Å². The van der Waals surface area contributed by atoms with Crippen LogP contribution in [0.15, 0.2) is 30.5 Å². The molecule has 1 N–H and O–H groups in total. The molecule has 0 atom stereocenters. The summed E-state index contributed by atoms with van der Waals surface area (Å²) in [5.41, 5.74) is 3.82. The van der Waals surface area contributed by atoms with Crippen molar-refractivity contribution in [1.29, 1.82) is 0 Å². The fourth-order valence-electron chi connectivity index (χ4n) is 2.83. The third kappa shape index (κ3) is 4.17. The zero-order valence-electron chi connectivity index (χ0n) is 15.0. The first-order valence-corrected chi connectivity index (χ1v) is 8.65. The van der Waals surface area contributed by atoms with E-state index in [2.05, 4.69) is 15.3 Å². The number of hydrogen-bond donors (Lipinski definition) is 1. The highest BCUT2D eigenvalue weighted by Crippen LogP contribution is 2.21. The molecule has 0 unspecified atom stereocenters. The predicted molar refractivity (Wildman–Crippen MR) is 96.8 cm³/mol. The van der Waals surface area contributed by atoms with Gasteiger partial charge in [0.15, 0.2) is 0 Å². The molecule has 2 aromatic rings. The Morgan fingerprint density at radius 1 is 1.35 bits per heavy atom. The van der Waals surface area contributed by atoms with Crippen LogP contribution in [0.3, 0.4) is 0 Å². The molecule has 7 heteroatoms. The number of cyclic esters (lactones) is 1. The molecule has 1 saturated heterocycles. The van der Waals surface area contributed by atoms with Gasteiger partial charge in [-0.15, -0.1) is 0 Å². The zero-order valence-corrected chi connectivity index (χ0v) is 15.0. The number of aryl methyl sites for hydroxylation is 2. The monoisotopic (exact) mass is 354 g/mol. The summed E-state index contributed by atoms with van der Waals surface area (Å²) < 4.78 is 4.98. The van der Waals surface area contributed by atoms with E-state index in [9.17, 15) is 9.59 Å². The van der Waals surface area contributed by atoms with Crippen LogP contribution in [-0.4, -0.2) is 53.1 Å². The van der Waals surface area contributed by atoms with E-state index in [1.807, 2.05) is 26.0 Å². The molecule has 2 amide bonds. The molecule has 1 aromatic heterocycles. The summed E-state index contributed by atoms with van der Waals surface area (Å²) in [7, 11) is 0. The predicted octanol–water partition coefficient (Wildman–Crippen LogP) is 2.33. The molecule has 26 heavy (non-hydrogen) atoms. The second kappa shape index (κ2) is 7.95. The highest BCUT2D eigenvalue weighted by Gasteiger charge is 2.19. The lowest BCUT2D eigenvalue weighted by molar-refractivity contribution is 0.0719. The third-order valence-corrected chi connectivity index (χ3v) is 4.20. The van der Waals surface area contributed by atoms with Crippen LogP contribution in [0.25, 0.3) is 11.3 Å². The van der Waals surface area contributed by atoms with Crippen molar-refractivity contribution in [2.45, 2.75) is 20.3 Å². The maximum absolute atomic E-state index is 12.4. The maximum Gasteiger partial charge on any atom is 0.409 e. The molecule has 0 saturated carbocycles. The molecule has 1 aromatic carbocycles. The Morgan fingerprint density at radius 2 is 2.19 bits per heavy atom. The van der Waals surface area contributed by atoms with Crippen molar-refractivity contribution in [2.75, 3.05) is 26.2 Å². The average molecular weight is 354 g/mol. The lowest BCUT2D eigenvalue weighted by atomic mass is 10.1. The average Bonchev–Trinajstić information content (AvgIpc) is 2.65. The maximum atomic E-state index is 12.4. The molecule has 0 spiro atoms. The van der Waals surface area contributed by atoms with E-state index in [-0.39, 0.29) is 12.0 Å². The largest absolute Gasteiger partial charge is 0.449 e. The summed E-state index contributed by atoms with van der Waals surface area (Å²) in [6.45, 7) is 5.73. The van der Waals surface area contributed by atoms with Crippen LogP contribution >= 0.6 is 0 Å². The molecular formula is C19H22N4O3. The number of ether oxygens (including phenoxy) is 1. The number of carbonyl (C=O) groups is 2. The van der Waals surface area contributed by atoms with E-state index in [0.29, 0.717) is 31.8 Å². The zero-order chi connectivity index (χ0) is 18.5. The van der Waals surface area contributed by atoms with Crippen molar-refractivity contribution < 1.29 is 14.3 Å². The van der Waals surface area contributed by atoms with Crippen LogP contribution in [0.4, 0.5) is 4.79 Å². The Morgan fingerprint density at radius 3 is 3.00 bits per heavy atom. The van der Waals surface area contributed by atoms with Crippen molar-refractivity contribution in [1.82, 2.24) is 20.2 Å². The second-order valence-corrected chi connectivity index (χ2v) is 6.24. The highest BCUT2D eigenvalue weighted by molar-refractivity contribution is 5.95. The van der Waals surface area contributed by atoms with Gasteiger partial charge in [0.25, 0.3) is 5.91 Å². The number of nitrogens with zero attached hydrogens (tertiary/aromatic N) is 3. The van der Waals surface area contributed by atoms with E-state index in [1.54, 1.807) is 23.2 Å². The Hall–Kier alpha value is -2.96. The van der Waals surface area contributed by atoms with Crippen LogP contribution in [-0.2, 0) is 4.74 Å². The first-order chi connectivity index (χ1) is 12.5. The standard InChI is InChI=1S/C19H22N4O3/c1-13-12-21-14(2)17(22-13)15-5-3-6-16(11-15)18(24)20-7-9-23-8-4-10-26-19(23)25/h3,5-6,11-12H,4,7-10H2,1-2H3,(H,20,24). The van der Waals surface area contributed by atoms with Gasteiger partial charge in [-0.3, -0.25) is 9.78 Å². The van der Waals surface area contributed by atoms with Gasteiger partial charge in [0.05, 0.1) is 23.7 Å². The number of rotatable bonds is 5. The van der Waals surface area contributed by atoms with Crippen molar-refractivity contribution in [3.63, 3.8) is 0 Å². The van der Waals surface area contributed by atoms with Crippen molar-refractivity contribution in [3.05, 3.63) is 47.4 Å². The lowest BCUT2D eigenvalue weighted by Crippen LogP contribution is -2.42. The Balaban J connectivity index is 1.65. The van der Waals surface area contributed by atoms with Crippen LogP contribution in [0, 0.1) is 13.8 Å². The topological polar surface area (TPSA) is 84.4 Å². The van der Waals surface area contributed by atoms with Crippen LogP contribution < -0.4 is 5.32 Å². The van der Waals surface area contributed by atoms with Gasteiger partial charge in [0.1, 0.15) is 0 Å². The Labute approximate surface area is 152 Å². The SMILES string of the molecule is Cc1cnc(C)c(-c2cccc(C(=O)NCCN3CCCOC3=O)c2)n1. The number of nitrogens with one attached hydrogen (secondary N) is 1. The van der Waals surface area contributed by atoms with Crippen molar-refractivity contribution in [2.24, 2.45) is 0 Å². The number of aromatic nitrogens is 2. The summed E-state index contributed by atoms with van der Waals surface area (Å²) in [6, 6.07) is 7.31. The van der Waals surface area contributed by atoms with Gasteiger partial charge < -0.3 is 15.0 Å². The van der Waals surface area contributed by atoms with Crippen LogP contribution in [0.1, 0.15) is 28.2 Å². The minimum atomic E-state index is -0.319. The molecule has 2 heterocycles. The number of benzene rings is 1. The van der Waals surface area contributed by atoms with Gasteiger partial charge in [-0.05, 0) is 32.4 Å². The summed E-state index contributed by atoms with van der Waals surface area (Å²) in [5.74, 6) is -0.185. The van der Waals surface area contributed by atoms with Crippen LogP contribution in [0.2, 0.25) is 0 Å². The van der Waals surface area contributed by atoms with Gasteiger partial charge in [0, 0.05) is 37.0 Å². The third-order valence-electron chi connectivity index (χ3n) is 4.20. The summed E-state index contributed by atoms with van der Waals surface area (Å²) in [6.07, 6.45) is 2.22. The molecule has 1 aliphatic heterocycles. The van der Waals surface area contributed by atoms with E-state index in [0.717, 1.165) is 29.1 Å². The minimum absolute atomic E-state index is 0.185. The minimum Gasteiger partial charge on any atom is -0.449 e. The molecule has 7 nitrogen and oxygen atoms in total. The number of amides is 2. The Bertz CT molecular complexity index is 822. The van der Waals surface area contributed by atoms with Crippen molar-refractivity contribution in [3.8, 4) is 11.3 Å². The fourth-order valence-corrected chi connectivity index (χ4v) is 2.83. The smallest absolute Gasteiger partial charge is 0.409 e. The van der Waals surface area contributed by atoms with E-state index < -0.39 is 0 Å². The fraction of sp³-hybridized carbons (Fsp3) is 0.368. The number of hydrogen-bond acceptors (Lipinski definition) is 5. The summed E-state index contributed by atoms with van der Waals surface area (Å²) in [5, 5.41) is 2.85. The first-order valence-electron chi connectivity index (χ1n) is 8.65. The molecule has 0 radical (unpaired) electrons. The number of carbonyl (C=O) groups excluding carboxylic acids is 2. The second-order valence-electron chi connectivity index (χ2n) is 6.24. The molecule has 136 valence electrons. The van der Waals surface area contributed by atoms with Crippen LogP contribution in [0.5, 0.6) is 0 Å². The van der Waals surface area contributed by atoms with Gasteiger partial charge >= 0.3 is 6.09 Å². The lowest BCUT2D eigenvalue weighted by Gasteiger charge is -2.26. The normalized spacial score (nSPS) is 14.1. The molecule has 3 rings (SSSR count). The van der Waals surface area contributed by atoms with Gasteiger partial charge in [-0.2, -0.15) is 0 Å². The molecule has 0 bridgehead atoms. The van der Waals surface area contributed by atoms with E-state index in [1.165, 1.54) is 0 Å². The van der Waals surface area contributed by atoms with Crippen molar-refractivity contribution >= 4 is 12.0 Å². The van der Waals surface area contributed by atoms with E-state index in [4.69, 9.17) is 4.74 Å². The van der Waals surface area contributed by atoms with E-state index >= 15 is 0 Å². The first kappa shape index (κ1) is 17.8. The molecule has 1 fully saturated rings. The quantitative estimate of drug-likeness (QED) is 0.891. The summed E-state index contributed by atoms with van der Waals surface area (Å²) >= 11 is 0. The molecular weight excluding hydrogens is 332 g/mol. The molecule has 1 aliphatic rings. The molecule has 0 aliphatic carbocycles. The Kier molecular flexibility index (Phi) is 5.46.